The van der Waals surface area contributed by atoms with Crippen molar-refractivity contribution in [2.45, 2.75) is 78.1 Å². The lowest BCUT2D eigenvalue weighted by molar-refractivity contribution is 0.0492. The van der Waals surface area contributed by atoms with Crippen LogP contribution in [0.4, 0.5) is 10.5 Å². The zero-order valence-electron chi connectivity index (χ0n) is 17.3. The van der Waals surface area contributed by atoms with Crippen molar-refractivity contribution in [1.82, 2.24) is 0 Å². The molecule has 0 atom stereocenters. The van der Waals surface area contributed by atoms with Crippen LogP contribution in [-0.4, -0.2) is 25.3 Å². The van der Waals surface area contributed by atoms with Crippen molar-refractivity contribution < 1.29 is 23.8 Å². The molecule has 0 aliphatic rings. The van der Waals surface area contributed by atoms with Crippen LogP contribution in [0.5, 0.6) is 5.75 Å². The van der Waals surface area contributed by atoms with Crippen molar-refractivity contribution in [3.63, 3.8) is 0 Å². The number of rotatable bonds is 14. The molecular weight excluding hydrogens is 358 g/mol. The first-order valence-electron chi connectivity index (χ1n) is 10.5. The molecule has 0 unspecified atom stereocenters. The summed E-state index contributed by atoms with van der Waals surface area (Å²) in [5.41, 5.74) is 6.21. The van der Waals surface area contributed by atoms with Crippen molar-refractivity contribution >= 4 is 17.8 Å². The van der Waals surface area contributed by atoms with Crippen LogP contribution in [-0.2, 0) is 9.47 Å². The molecule has 1 aromatic carbocycles. The van der Waals surface area contributed by atoms with E-state index in [1.54, 1.807) is 12.1 Å². The molecule has 1 rings (SSSR count). The summed E-state index contributed by atoms with van der Waals surface area (Å²) >= 11 is 0. The predicted molar refractivity (Wildman–Crippen MR) is 111 cm³/mol. The zero-order valence-corrected chi connectivity index (χ0v) is 17.3. The van der Waals surface area contributed by atoms with E-state index in [0.717, 1.165) is 44.9 Å². The van der Waals surface area contributed by atoms with E-state index in [-0.39, 0.29) is 23.6 Å². The number of para-hydroxylation sites is 1. The highest BCUT2D eigenvalue weighted by Crippen LogP contribution is 2.27. The second-order valence-corrected chi connectivity index (χ2v) is 6.89. The van der Waals surface area contributed by atoms with Crippen LogP contribution in [0.1, 0.15) is 88.4 Å². The molecule has 0 spiro atoms. The van der Waals surface area contributed by atoms with E-state index in [2.05, 4.69) is 13.8 Å². The van der Waals surface area contributed by atoms with Gasteiger partial charge in [-0.25, -0.2) is 9.59 Å². The van der Waals surface area contributed by atoms with Crippen molar-refractivity contribution in [2.24, 2.45) is 0 Å². The molecule has 158 valence electrons. The van der Waals surface area contributed by atoms with Crippen LogP contribution >= 0.6 is 0 Å². The minimum absolute atomic E-state index is 0.00555. The first-order chi connectivity index (χ1) is 13.6. The van der Waals surface area contributed by atoms with Crippen molar-refractivity contribution in [2.75, 3.05) is 18.9 Å². The van der Waals surface area contributed by atoms with Crippen LogP contribution < -0.4 is 10.5 Å². The Morgan fingerprint density at radius 3 is 2.07 bits per heavy atom. The number of carbonyl (C=O) groups excluding carboxylic acids is 2. The minimum Gasteiger partial charge on any atom is -0.462 e. The third-order valence-electron chi connectivity index (χ3n) is 4.40. The fraction of sp³-hybridized carbons (Fsp3) is 0.636. The van der Waals surface area contributed by atoms with Gasteiger partial charge in [-0.15, -0.1) is 0 Å². The average molecular weight is 394 g/mol. The number of nitrogens with two attached hydrogens (primary N) is 1. The van der Waals surface area contributed by atoms with Crippen molar-refractivity contribution in [1.29, 1.82) is 0 Å². The van der Waals surface area contributed by atoms with Gasteiger partial charge in [0.2, 0.25) is 0 Å². The summed E-state index contributed by atoms with van der Waals surface area (Å²) in [6.45, 7) is 4.91. The molecule has 0 aromatic heterocycles. The van der Waals surface area contributed by atoms with Gasteiger partial charge in [0.25, 0.3) is 0 Å². The summed E-state index contributed by atoms with van der Waals surface area (Å²) in [6.07, 6.45) is 9.73. The highest BCUT2D eigenvalue weighted by Gasteiger charge is 2.20. The molecule has 0 radical (unpaired) electrons. The van der Waals surface area contributed by atoms with Crippen molar-refractivity contribution in [3.8, 4) is 5.75 Å². The molecule has 6 heteroatoms. The molecule has 28 heavy (non-hydrogen) atoms. The van der Waals surface area contributed by atoms with Crippen LogP contribution in [0.2, 0.25) is 0 Å². The summed E-state index contributed by atoms with van der Waals surface area (Å²) in [5, 5.41) is 0. The first-order valence-corrected chi connectivity index (χ1v) is 10.5. The summed E-state index contributed by atoms with van der Waals surface area (Å²) in [5.74, 6) is -0.559. The summed E-state index contributed by atoms with van der Waals surface area (Å²) < 4.78 is 15.6. The van der Waals surface area contributed by atoms with E-state index < -0.39 is 12.1 Å². The Labute approximate surface area is 168 Å². The smallest absolute Gasteiger partial charge is 0.462 e. The summed E-state index contributed by atoms with van der Waals surface area (Å²) in [6, 6.07) is 4.72. The maximum absolute atomic E-state index is 12.3. The van der Waals surface area contributed by atoms with Gasteiger partial charge >= 0.3 is 12.1 Å². The lowest BCUT2D eigenvalue weighted by Crippen LogP contribution is -2.16. The van der Waals surface area contributed by atoms with Gasteiger partial charge in [0.1, 0.15) is 5.56 Å². The molecule has 1 aromatic rings. The highest BCUT2D eigenvalue weighted by atomic mass is 16.7. The quantitative estimate of drug-likeness (QED) is 0.184. The number of anilines is 1. The standard InChI is InChI=1S/C22H35NO5/c1-3-5-7-9-10-12-17-27-22(25)28-20-18(14-13-15-19(20)23)21(24)26-16-11-8-6-4-2/h13-15H,3-12,16-17,23H2,1-2H3. The highest BCUT2D eigenvalue weighted by molar-refractivity contribution is 5.95. The van der Waals surface area contributed by atoms with Gasteiger partial charge in [0.15, 0.2) is 5.75 Å². The fourth-order valence-electron chi connectivity index (χ4n) is 2.75. The fourth-order valence-corrected chi connectivity index (χ4v) is 2.75. The number of hydrogen-bond donors (Lipinski definition) is 1. The number of unbranched alkanes of at least 4 members (excludes halogenated alkanes) is 8. The maximum Gasteiger partial charge on any atom is 0.513 e. The van der Waals surface area contributed by atoms with E-state index in [0.29, 0.717) is 6.61 Å². The maximum atomic E-state index is 12.3. The third-order valence-corrected chi connectivity index (χ3v) is 4.40. The molecule has 0 aliphatic carbocycles. The van der Waals surface area contributed by atoms with Gasteiger partial charge in [-0.2, -0.15) is 0 Å². The van der Waals surface area contributed by atoms with Gasteiger partial charge in [0, 0.05) is 0 Å². The molecule has 2 N–H and O–H groups in total. The topological polar surface area (TPSA) is 87.9 Å². The zero-order chi connectivity index (χ0) is 20.6. The molecular formula is C22H35NO5. The van der Waals surface area contributed by atoms with Gasteiger partial charge in [-0.05, 0) is 25.0 Å². The Morgan fingerprint density at radius 2 is 1.39 bits per heavy atom. The van der Waals surface area contributed by atoms with E-state index in [4.69, 9.17) is 19.9 Å². The number of esters is 1. The molecule has 0 bridgehead atoms. The van der Waals surface area contributed by atoms with Crippen LogP contribution in [0.25, 0.3) is 0 Å². The van der Waals surface area contributed by atoms with Gasteiger partial charge in [0.05, 0.1) is 18.9 Å². The third kappa shape index (κ3) is 9.62. The largest absolute Gasteiger partial charge is 0.513 e. The number of ether oxygens (including phenoxy) is 3. The van der Waals surface area contributed by atoms with Crippen LogP contribution in [0.15, 0.2) is 18.2 Å². The Bertz CT molecular complexity index is 588. The Balaban J connectivity index is 2.47. The first kappa shape index (κ1) is 23.8. The van der Waals surface area contributed by atoms with Crippen molar-refractivity contribution in [3.05, 3.63) is 23.8 Å². The molecule has 0 heterocycles. The molecule has 6 nitrogen and oxygen atoms in total. The van der Waals surface area contributed by atoms with Gasteiger partial charge in [-0.3, -0.25) is 0 Å². The second kappa shape index (κ2) is 14.8. The summed E-state index contributed by atoms with van der Waals surface area (Å²) in [7, 11) is 0. The number of nitrogen functional groups attached to an aromatic ring is 1. The van der Waals surface area contributed by atoms with Gasteiger partial charge in [-0.1, -0.05) is 71.3 Å². The second-order valence-electron chi connectivity index (χ2n) is 6.89. The lowest BCUT2D eigenvalue weighted by atomic mass is 10.1. The van der Waals surface area contributed by atoms with E-state index in [9.17, 15) is 9.59 Å². The molecule has 0 saturated heterocycles. The average Bonchev–Trinajstić information content (AvgIpc) is 2.68. The van der Waals surface area contributed by atoms with Crippen LogP contribution in [0, 0.1) is 0 Å². The Hall–Kier alpha value is -2.24. The number of hydrogen-bond acceptors (Lipinski definition) is 6. The predicted octanol–water partition coefficient (Wildman–Crippen LogP) is 5.88. The van der Waals surface area contributed by atoms with Crippen LogP contribution in [0.3, 0.4) is 0 Å². The lowest BCUT2D eigenvalue weighted by Gasteiger charge is -2.12. The molecule has 0 aliphatic heterocycles. The van der Waals surface area contributed by atoms with E-state index >= 15 is 0 Å². The minimum atomic E-state index is -0.858. The Kier molecular flexibility index (Phi) is 12.6. The SMILES string of the molecule is CCCCCCCCOC(=O)Oc1c(N)cccc1C(=O)OCCCCCC. The normalized spacial score (nSPS) is 10.5. The molecule has 0 amide bonds. The van der Waals surface area contributed by atoms with E-state index in [1.165, 1.54) is 25.3 Å². The molecule has 0 fully saturated rings. The Morgan fingerprint density at radius 1 is 0.821 bits per heavy atom. The number of benzene rings is 1. The van der Waals surface area contributed by atoms with E-state index in [1.807, 2.05) is 0 Å². The number of carbonyl (C=O) groups is 2. The monoisotopic (exact) mass is 393 g/mol. The molecule has 0 saturated carbocycles. The summed E-state index contributed by atoms with van der Waals surface area (Å²) in [4.78, 5) is 24.3. The van der Waals surface area contributed by atoms with Gasteiger partial charge < -0.3 is 19.9 Å².